The number of morpholine rings is 1. The van der Waals surface area contributed by atoms with Gasteiger partial charge in [-0.25, -0.2) is 0 Å². The predicted molar refractivity (Wildman–Crippen MR) is 76.0 cm³/mol. The van der Waals surface area contributed by atoms with Crippen molar-refractivity contribution in [1.82, 2.24) is 4.90 Å². The number of amides is 1. The van der Waals surface area contributed by atoms with E-state index in [1.54, 1.807) is 0 Å². The number of hydrogen-bond acceptors (Lipinski definition) is 3. The number of rotatable bonds is 6. The number of nitrogens with zero attached hydrogens (tertiary/aromatic N) is 1. The Morgan fingerprint density at radius 3 is 2.37 bits per heavy atom. The summed E-state index contributed by atoms with van der Waals surface area (Å²) in [6, 6.07) is 0. The topological polar surface area (TPSA) is 49.8 Å². The highest BCUT2D eigenvalue weighted by Gasteiger charge is 2.34. The highest BCUT2D eigenvalue weighted by molar-refractivity contribution is 5.77. The summed E-state index contributed by atoms with van der Waals surface area (Å²) in [5.41, 5.74) is -1.11. The van der Waals surface area contributed by atoms with E-state index in [2.05, 4.69) is 0 Å². The Labute approximate surface area is 117 Å². The van der Waals surface area contributed by atoms with Gasteiger partial charge in [0.1, 0.15) is 0 Å². The maximum absolute atomic E-state index is 12.4. The smallest absolute Gasteiger partial charge is 0.225 e. The molecule has 0 unspecified atom stereocenters. The molecule has 0 aromatic heterocycles. The average Bonchev–Trinajstić information content (AvgIpc) is 2.27. The fourth-order valence-electron chi connectivity index (χ4n) is 2.86. The molecule has 0 atom stereocenters. The van der Waals surface area contributed by atoms with Gasteiger partial charge < -0.3 is 14.7 Å². The highest BCUT2D eigenvalue weighted by atomic mass is 16.5. The summed E-state index contributed by atoms with van der Waals surface area (Å²) in [4.78, 5) is 14.2. The normalized spacial score (nSPS) is 19.5. The van der Waals surface area contributed by atoms with E-state index < -0.39 is 5.60 Å². The van der Waals surface area contributed by atoms with Gasteiger partial charge >= 0.3 is 0 Å². The highest BCUT2D eigenvalue weighted by Crippen LogP contribution is 2.26. The number of aliphatic hydroxyl groups is 1. The largest absolute Gasteiger partial charge is 0.389 e. The van der Waals surface area contributed by atoms with Crippen molar-refractivity contribution in [2.75, 3.05) is 19.7 Å². The molecule has 0 radical (unpaired) electrons. The molecule has 112 valence electrons. The zero-order valence-corrected chi connectivity index (χ0v) is 12.9. The molecule has 4 nitrogen and oxygen atoms in total. The quantitative estimate of drug-likeness (QED) is 0.806. The number of hydrogen-bond donors (Lipinski definition) is 1. The zero-order valence-electron chi connectivity index (χ0n) is 12.9. The van der Waals surface area contributed by atoms with Crippen LogP contribution in [0.3, 0.4) is 0 Å². The predicted octanol–water partition coefficient (Wildman–Crippen LogP) is 2.35. The van der Waals surface area contributed by atoms with Crippen LogP contribution in [0.2, 0.25) is 0 Å². The van der Waals surface area contributed by atoms with Crippen LogP contribution in [-0.4, -0.2) is 46.8 Å². The van der Waals surface area contributed by atoms with Crippen molar-refractivity contribution in [3.63, 3.8) is 0 Å². The van der Waals surface area contributed by atoms with E-state index >= 15 is 0 Å². The van der Waals surface area contributed by atoms with Gasteiger partial charge in [0.05, 0.1) is 24.2 Å². The number of ether oxygens (including phenoxy) is 1. The SMILES string of the molecule is CCCC(O)(CCC)CC(=O)N1CCOC(C)(C)C1. The molecule has 1 N–H and O–H groups in total. The molecule has 0 spiro atoms. The van der Waals surface area contributed by atoms with Crippen molar-refractivity contribution >= 4 is 5.91 Å². The third-order valence-corrected chi connectivity index (χ3v) is 3.69. The van der Waals surface area contributed by atoms with Gasteiger partial charge in [0.15, 0.2) is 0 Å². The van der Waals surface area contributed by atoms with Crippen LogP contribution in [0, 0.1) is 0 Å². The monoisotopic (exact) mass is 271 g/mol. The lowest BCUT2D eigenvalue weighted by Crippen LogP contribution is -2.52. The third-order valence-electron chi connectivity index (χ3n) is 3.69. The fraction of sp³-hybridized carbons (Fsp3) is 0.933. The van der Waals surface area contributed by atoms with E-state index in [0.717, 1.165) is 12.8 Å². The van der Waals surface area contributed by atoms with Crippen molar-refractivity contribution in [2.45, 2.75) is 71.0 Å². The maximum Gasteiger partial charge on any atom is 0.225 e. The summed E-state index contributed by atoms with van der Waals surface area (Å²) < 4.78 is 5.61. The second-order valence-electron chi connectivity index (χ2n) is 6.32. The first-order valence-corrected chi connectivity index (χ1v) is 7.46. The molecule has 0 saturated carbocycles. The van der Waals surface area contributed by atoms with Crippen molar-refractivity contribution in [3.05, 3.63) is 0 Å². The molecule has 1 saturated heterocycles. The molecule has 0 aromatic rings. The third kappa shape index (κ3) is 5.11. The molecule has 1 heterocycles. The lowest BCUT2D eigenvalue weighted by molar-refractivity contribution is -0.151. The Kier molecular flexibility index (Phi) is 5.81. The van der Waals surface area contributed by atoms with E-state index in [-0.39, 0.29) is 17.9 Å². The zero-order chi connectivity index (χ0) is 14.5. The number of carbonyl (C=O) groups excluding carboxylic acids is 1. The van der Waals surface area contributed by atoms with Gasteiger partial charge in [-0.2, -0.15) is 0 Å². The second-order valence-corrected chi connectivity index (χ2v) is 6.32. The van der Waals surface area contributed by atoms with Crippen LogP contribution >= 0.6 is 0 Å². The van der Waals surface area contributed by atoms with Gasteiger partial charge in [-0.05, 0) is 26.7 Å². The molecule has 19 heavy (non-hydrogen) atoms. The number of carbonyl (C=O) groups is 1. The minimum Gasteiger partial charge on any atom is -0.389 e. The summed E-state index contributed by atoms with van der Waals surface area (Å²) in [7, 11) is 0. The molecule has 1 aliphatic heterocycles. The van der Waals surface area contributed by atoms with Gasteiger partial charge in [-0.1, -0.05) is 26.7 Å². The van der Waals surface area contributed by atoms with Crippen LogP contribution in [0.4, 0.5) is 0 Å². The standard InChI is InChI=1S/C15H29NO3/c1-5-7-15(18,8-6-2)11-13(17)16-9-10-19-14(3,4)12-16/h18H,5-12H2,1-4H3. The Morgan fingerprint density at radius 2 is 1.89 bits per heavy atom. The van der Waals surface area contributed by atoms with E-state index in [4.69, 9.17) is 4.74 Å². The van der Waals surface area contributed by atoms with Gasteiger partial charge in [0.25, 0.3) is 0 Å². The molecular weight excluding hydrogens is 242 g/mol. The van der Waals surface area contributed by atoms with Crippen LogP contribution in [-0.2, 0) is 9.53 Å². The van der Waals surface area contributed by atoms with E-state index in [1.807, 2.05) is 32.6 Å². The van der Waals surface area contributed by atoms with Crippen LogP contribution in [0.1, 0.15) is 59.8 Å². The van der Waals surface area contributed by atoms with Crippen LogP contribution in [0.15, 0.2) is 0 Å². The van der Waals surface area contributed by atoms with Gasteiger partial charge in [0, 0.05) is 13.1 Å². The Balaban J connectivity index is 2.61. The molecule has 0 bridgehead atoms. The molecule has 0 aliphatic carbocycles. The lowest BCUT2D eigenvalue weighted by atomic mass is 9.88. The van der Waals surface area contributed by atoms with Crippen molar-refractivity contribution in [1.29, 1.82) is 0 Å². The van der Waals surface area contributed by atoms with Crippen molar-refractivity contribution < 1.29 is 14.6 Å². The molecule has 1 aliphatic rings. The molecule has 0 aromatic carbocycles. The Hall–Kier alpha value is -0.610. The maximum atomic E-state index is 12.4. The molecule has 4 heteroatoms. The van der Waals surface area contributed by atoms with E-state index in [0.29, 0.717) is 32.5 Å². The first-order valence-electron chi connectivity index (χ1n) is 7.46. The molecule has 1 rings (SSSR count). The van der Waals surface area contributed by atoms with Crippen LogP contribution in [0.5, 0.6) is 0 Å². The summed E-state index contributed by atoms with van der Waals surface area (Å²) in [6.07, 6.45) is 3.43. The second kappa shape index (κ2) is 6.71. The molecule has 1 fully saturated rings. The molecular formula is C15H29NO3. The van der Waals surface area contributed by atoms with Crippen LogP contribution in [0.25, 0.3) is 0 Å². The lowest BCUT2D eigenvalue weighted by Gasteiger charge is -2.39. The van der Waals surface area contributed by atoms with Gasteiger partial charge in [-0.15, -0.1) is 0 Å². The summed E-state index contributed by atoms with van der Waals surface area (Å²) in [5, 5.41) is 10.6. The minimum absolute atomic E-state index is 0.0563. The van der Waals surface area contributed by atoms with Crippen LogP contribution < -0.4 is 0 Å². The summed E-state index contributed by atoms with van der Waals surface area (Å²) in [5.74, 6) is 0.0563. The Morgan fingerprint density at radius 1 is 1.32 bits per heavy atom. The summed E-state index contributed by atoms with van der Waals surface area (Å²) >= 11 is 0. The van der Waals surface area contributed by atoms with Gasteiger partial charge in [-0.3, -0.25) is 4.79 Å². The Bertz CT molecular complexity index is 296. The van der Waals surface area contributed by atoms with Crippen molar-refractivity contribution in [2.24, 2.45) is 0 Å². The summed E-state index contributed by atoms with van der Waals surface area (Å²) in [6.45, 7) is 9.91. The fourth-order valence-corrected chi connectivity index (χ4v) is 2.86. The first kappa shape index (κ1) is 16.4. The van der Waals surface area contributed by atoms with Gasteiger partial charge in [0.2, 0.25) is 5.91 Å². The van der Waals surface area contributed by atoms with Crippen molar-refractivity contribution in [3.8, 4) is 0 Å². The minimum atomic E-state index is -0.830. The average molecular weight is 271 g/mol. The van der Waals surface area contributed by atoms with E-state index in [1.165, 1.54) is 0 Å². The first-order chi connectivity index (χ1) is 8.82. The molecule has 1 amide bonds. The van der Waals surface area contributed by atoms with E-state index in [9.17, 15) is 9.90 Å².